The maximum atomic E-state index is 13.1. The molecule has 1 fully saturated rings. The van der Waals surface area contributed by atoms with E-state index in [9.17, 15) is 19.1 Å². The Kier molecular flexibility index (Phi) is 4.76. The van der Waals surface area contributed by atoms with Crippen LogP contribution in [-0.2, 0) is 11.3 Å². The second-order valence-electron chi connectivity index (χ2n) is 5.98. The lowest BCUT2D eigenvalue weighted by Crippen LogP contribution is -2.24. The number of aromatic nitrogens is 1. The number of benzene rings is 1. The molecule has 1 aromatic heterocycles. The summed E-state index contributed by atoms with van der Waals surface area (Å²) in [6.45, 7) is 2.01. The zero-order valence-electron chi connectivity index (χ0n) is 13.1. The fourth-order valence-corrected chi connectivity index (χ4v) is 2.95. The SMILES string of the molecule is O=C(O)c1cn(CC2CCOCC2)cc(-c2ccc(F)cc2)c1=O. The summed E-state index contributed by atoms with van der Waals surface area (Å²) < 4.78 is 20.2. The standard InChI is InChI=1S/C18H18FNO4/c19-14-3-1-13(2-4-14)15-10-20(9-12-5-7-24-8-6-12)11-16(17(15)21)18(22)23/h1-4,10-12H,5-9H2,(H,22,23). The minimum Gasteiger partial charge on any atom is -0.477 e. The number of aromatic carboxylic acids is 1. The van der Waals surface area contributed by atoms with Gasteiger partial charge in [-0.2, -0.15) is 0 Å². The molecule has 0 aliphatic carbocycles. The Hall–Kier alpha value is -2.47. The largest absolute Gasteiger partial charge is 0.477 e. The molecule has 2 heterocycles. The third-order valence-corrected chi connectivity index (χ3v) is 4.27. The molecule has 0 amide bonds. The van der Waals surface area contributed by atoms with Gasteiger partial charge in [-0.1, -0.05) is 12.1 Å². The van der Waals surface area contributed by atoms with Crippen molar-refractivity contribution in [1.29, 1.82) is 0 Å². The number of carboxylic acids is 1. The van der Waals surface area contributed by atoms with E-state index in [1.807, 2.05) is 0 Å². The van der Waals surface area contributed by atoms with E-state index in [0.717, 1.165) is 12.8 Å². The minimum atomic E-state index is -1.26. The van der Waals surface area contributed by atoms with Crippen LogP contribution < -0.4 is 5.43 Å². The van der Waals surface area contributed by atoms with Crippen molar-refractivity contribution in [3.05, 3.63) is 58.3 Å². The number of hydrogen-bond donors (Lipinski definition) is 1. The van der Waals surface area contributed by atoms with Crippen LogP contribution in [0.3, 0.4) is 0 Å². The Balaban J connectivity index is 2.01. The van der Waals surface area contributed by atoms with Crippen LogP contribution in [0.15, 0.2) is 41.5 Å². The fraction of sp³-hybridized carbons (Fsp3) is 0.333. The normalized spacial score (nSPS) is 15.4. The Morgan fingerprint density at radius 1 is 1.21 bits per heavy atom. The van der Waals surface area contributed by atoms with Crippen LogP contribution in [-0.4, -0.2) is 28.9 Å². The number of nitrogens with zero attached hydrogens (tertiary/aromatic N) is 1. The van der Waals surface area contributed by atoms with Gasteiger partial charge in [-0.25, -0.2) is 9.18 Å². The Bertz CT molecular complexity index is 792. The van der Waals surface area contributed by atoms with E-state index in [1.165, 1.54) is 30.5 Å². The Morgan fingerprint density at radius 3 is 2.50 bits per heavy atom. The van der Waals surface area contributed by atoms with Gasteiger partial charge in [-0.15, -0.1) is 0 Å². The molecule has 5 nitrogen and oxygen atoms in total. The van der Waals surface area contributed by atoms with E-state index in [4.69, 9.17) is 4.74 Å². The summed E-state index contributed by atoms with van der Waals surface area (Å²) in [5, 5.41) is 9.32. The smallest absolute Gasteiger partial charge is 0.341 e. The second kappa shape index (κ2) is 6.97. The number of pyridine rings is 1. The first-order valence-corrected chi connectivity index (χ1v) is 7.85. The lowest BCUT2D eigenvalue weighted by molar-refractivity contribution is 0.0609. The molecule has 0 bridgehead atoms. The molecule has 0 radical (unpaired) electrons. The van der Waals surface area contributed by atoms with Gasteiger partial charge in [0.1, 0.15) is 11.4 Å². The van der Waals surface area contributed by atoms with Crippen LogP contribution in [0.2, 0.25) is 0 Å². The van der Waals surface area contributed by atoms with E-state index in [2.05, 4.69) is 0 Å². The molecule has 0 spiro atoms. The molecular formula is C18H18FNO4. The number of carboxylic acid groups (broad SMARTS) is 1. The molecule has 2 aromatic rings. The van der Waals surface area contributed by atoms with Crippen LogP contribution in [0.25, 0.3) is 11.1 Å². The molecule has 24 heavy (non-hydrogen) atoms. The number of carbonyl (C=O) groups is 1. The summed E-state index contributed by atoms with van der Waals surface area (Å²) >= 11 is 0. The van der Waals surface area contributed by atoms with Gasteiger partial charge in [0, 0.05) is 37.7 Å². The van der Waals surface area contributed by atoms with Gasteiger partial charge in [-0.05, 0) is 36.5 Å². The molecule has 3 rings (SSSR count). The van der Waals surface area contributed by atoms with E-state index < -0.39 is 17.2 Å². The van der Waals surface area contributed by atoms with Gasteiger partial charge < -0.3 is 14.4 Å². The second-order valence-corrected chi connectivity index (χ2v) is 5.98. The monoisotopic (exact) mass is 331 g/mol. The van der Waals surface area contributed by atoms with Crippen molar-refractivity contribution in [2.45, 2.75) is 19.4 Å². The van der Waals surface area contributed by atoms with Crippen LogP contribution in [0.5, 0.6) is 0 Å². The maximum absolute atomic E-state index is 13.1. The van der Waals surface area contributed by atoms with Crippen LogP contribution >= 0.6 is 0 Å². The third-order valence-electron chi connectivity index (χ3n) is 4.27. The highest BCUT2D eigenvalue weighted by atomic mass is 19.1. The molecule has 0 unspecified atom stereocenters. The molecule has 126 valence electrons. The molecule has 1 aliphatic heterocycles. The first kappa shape index (κ1) is 16.4. The molecule has 0 atom stereocenters. The van der Waals surface area contributed by atoms with Gasteiger partial charge in [0.2, 0.25) is 5.43 Å². The van der Waals surface area contributed by atoms with E-state index in [1.54, 1.807) is 10.8 Å². The first-order valence-electron chi connectivity index (χ1n) is 7.85. The van der Waals surface area contributed by atoms with Crippen molar-refractivity contribution in [1.82, 2.24) is 4.57 Å². The predicted octanol–water partition coefficient (Wildman–Crippen LogP) is 2.78. The summed E-state index contributed by atoms with van der Waals surface area (Å²) in [4.78, 5) is 23.8. The van der Waals surface area contributed by atoms with Crippen molar-refractivity contribution in [3.63, 3.8) is 0 Å². The summed E-state index contributed by atoms with van der Waals surface area (Å²) in [6, 6.07) is 5.48. The summed E-state index contributed by atoms with van der Waals surface area (Å²) in [5.41, 5.74) is -0.0617. The summed E-state index contributed by atoms with van der Waals surface area (Å²) in [6.07, 6.45) is 4.84. The fourth-order valence-electron chi connectivity index (χ4n) is 2.95. The van der Waals surface area contributed by atoms with Crippen LogP contribution in [0.4, 0.5) is 4.39 Å². The molecule has 1 saturated heterocycles. The maximum Gasteiger partial charge on any atom is 0.341 e. The van der Waals surface area contributed by atoms with Crippen molar-refractivity contribution in [3.8, 4) is 11.1 Å². The topological polar surface area (TPSA) is 68.5 Å². The predicted molar refractivity (Wildman–Crippen MR) is 86.6 cm³/mol. The molecule has 0 saturated carbocycles. The molecule has 1 aliphatic rings. The molecular weight excluding hydrogens is 313 g/mol. The van der Waals surface area contributed by atoms with Gasteiger partial charge in [0.05, 0.1) is 0 Å². The number of ether oxygens (including phenoxy) is 1. The van der Waals surface area contributed by atoms with Crippen molar-refractivity contribution in [2.75, 3.05) is 13.2 Å². The molecule has 1 N–H and O–H groups in total. The number of rotatable bonds is 4. The van der Waals surface area contributed by atoms with Gasteiger partial charge >= 0.3 is 5.97 Å². The lowest BCUT2D eigenvalue weighted by atomic mass is 9.99. The zero-order valence-corrected chi connectivity index (χ0v) is 13.1. The average Bonchev–Trinajstić information content (AvgIpc) is 2.58. The van der Waals surface area contributed by atoms with Gasteiger partial charge in [0.25, 0.3) is 0 Å². The van der Waals surface area contributed by atoms with Crippen molar-refractivity contribution < 1.29 is 19.0 Å². The third kappa shape index (κ3) is 3.54. The highest BCUT2D eigenvalue weighted by Crippen LogP contribution is 2.20. The number of hydrogen-bond acceptors (Lipinski definition) is 3. The molecule has 6 heteroatoms. The van der Waals surface area contributed by atoms with Crippen molar-refractivity contribution >= 4 is 5.97 Å². The number of halogens is 1. The highest BCUT2D eigenvalue weighted by molar-refractivity contribution is 5.88. The van der Waals surface area contributed by atoms with Gasteiger partial charge in [0.15, 0.2) is 0 Å². The summed E-state index contributed by atoms with van der Waals surface area (Å²) in [7, 11) is 0. The van der Waals surface area contributed by atoms with E-state index in [-0.39, 0.29) is 11.1 Å². The first-order chi connectivity index (χ1) is 11.5. The quantitative estimate of drug-likeness (QED) is 0.935. The summed E-state index contributed by atoms with van der Waals surface area (Å²) in [5.74, 6) is -1.29. The Morgan fingerprint density at radius 2 is 1.88 bits per heavy atom. The molecule has 1 aromatic carbocycles. The van der Waals surface area contributed by atoms with E-state index in [0.29, 0.717) is 31.2 Å². The van der Waals surface area contributed by atoms with Crippen LogP contribution in [0.1, 0.15) is 23.2 Å². The van der Waals surface area contributed by atoms with E-state index >= 15 is 0 Å². The average molecular weight is 331 g/mol. The zero-order chi connectivity index (χ0) is 17.1. The highest BCUT2D eigenvalue weighted by Gasteiger charge is 2.18. The van der Waals surface area contributed by atoms with Gasteiger partial charge in [-0.3, -0.25) is 4.79 Å². The van der Waals surface area contributed by atoms with Crippen molar-refractivity contribution in [2.24, 2.45) is 5.92 Å². The van der Waals surface area contributed by atoms with Crippen LogP contribution in [0, 0.1) is 11.7 Å². The minimum absolute atomic E-state index is 0.266. The lowest BCUT2D eigenvalue weighted by Gasteiger charge is -2.23. The Labute approximate surface area is 138 Å².